The number of amidine groups is 1. The number of Topliss-reactive ketones (excluding diaryl/α,β-unsaturated/α-hetero) is 1. The van der Waals surface area contributed by atoms with Crippen LogP contribution in [0.1, 0.15) is 37.3 Å². The average Bonchev–Trinajstić information content (AvgIpc) is 3.83. The first-order valence-corrected chi connectivity index (χ1v) is 16.3. The van der Waals surface area contributed by atoms with E-state index in [1.807, 2.05) is 32.2 Å². The molecule has 0 aliphatic carbocycles. The predicted octanol–water partition coefficient (Wildman–Crippen LogP) is 1.11. The van der Waals surface area contributed by atoms with Crippen molar-refractivity contribution in [2.75, 3.05) is 11.5 Å². The third kappa shape index (κ3) is 5.92. The molecule has 4 aromatic heterocycles. The van der Waals surface area contributed by atoms with Crippen molar-refractivity contribution >= 4 is 69.1 Å². The Morgan fingerprint density at radius 1 is 1.29 bits per heavy atom. The van der Waals surface area contributed by atoms with Gasteiger partial charge in [-0.1, -0.05) is 5.16 Å². The van der Waals surface area contributed by atoms with Gasteiger partial charge in [-0.25, -0.2) is 23.8 Å². The number of nitrogens with two attached hydrogens (primary N) is 2. The molecule has 6 rings (SSSR count). The number of aliphatic carboxylic acids is 2. The smallest absolute Gasteiger partial charge is 0.352 e. The van der Waals surface area contributed by atoms with Crippen LogP contribution < -0.4 is 16.0 Å². The quantitative estimate of drug-likeness (QED) is 0.0434. The lowest BCUT2D eigenvalue weighted by Crippen LogP contribution is -2.62. The van der Waals surface area contributed by atoms with E-state index >= 15 is 0 Å². The number of imidazole rings is 1. The molecule has 0 bridgehead atoms. The molecule has 0 saturated carbocycles. The van der Waals surface area contributed by atoms with E-state index in [1.54, 1.807) is 12.3 Å². The van der Waals surface area contributed by atoms with Crippen LogP contribution in [0, 0.1) is 11.3 Å². The Balaban J connectivity index is 1.20. The van der Waals surface area contributed by atoms with Gasteiger partial charge in [0.15, 0.2) is 22.8 Å². The van der Waals surface area contributed by atoms with Crippen molar-refractivity contribution in [2.45, 2.75) is 44.3 Å². The van der Waals surface area contributed by atoms with E-state index in [1.165, 1.54) is 42.2 Å². The third-order valence-electron chi connectivity index (χ3n) is 7.91. The first-order valence-electron chi connectivity index (χ1n) is 14.4. The normalized spacial score (nSPS) is 18.2. The average molecular weight is 697 g/mol. The topological polar surface area (TPSA) is 249 Å². The van der Waals surface area contributed by atoms with Gasteiger partial charge in [0, 0.05) is 17.6 Å². The molecule has 2 aliphatic rings. The van der Waals surface area contributed by atoms with Gasteiger partial charge in [-0.15, -0.1) is 27.6 Å². The Morgan fingerprint density at radius 2 is 2.06 bits per heavy atom. The Morgan fingerprint density at radius 3 is 2.71 bits per heavy atom. The maximum Gasteiger partial charge on any atom is 0.352 e. The molecule has 6 heterocycles. The van der Waals surface area contributed by atoms with E-state index in [0.717, 1.165) is 17.0 Å². The summed E-state index contributed by atoms with van der Waals surface area (Å²) in [5, 5.41) is 32.0. The number of hydrogen-bond acceptors (Lipinski definition) is 12. The highest BCUT2D eigenvalue weighted by Crippen LogP contribution is 2.45. The molecule has 7 N–H and O–H groups in total. The number of β-lactam (4-membered cyclic amide) rings is 1. The molecule has 1 amide bonds. The summed E-state index contributed by atoms with van der Waals surface area (Å²) in [7, 11) is 0. The maximum absolute atomic E-state index is 13.5. The first kappa shape index (κ1) is 32.5. The molecule has 1 saturated heterocycles. The molecule has 0 radical (unpaired) electrons. The molecule has 48 heavy (non-hydrogen) atoms. The number of carboxylic acids is 2. The molecule has 0 spiro atoms. The van der Waals surface area contributed by atoms with Crippen molar-refractivity contribution in [3.8, 4) is 0 Å². The number of carbonyl (C=O) groups is 4. The Hall–Kier alpha value is -5.43. The summed E-state index contributed by atoms with van der Waals surface area (Å²) in [6.07, 6.45) is 6.55. The van der Waals surface area contributed by atoms with Crippen molar-refractivity contribution in [3.63, 3.8) is 0 Å². The molecule has 1 fully saturated rings. The zero-order chi connectivity index (χ0) is 34.5. The summed E-state index contributed by atoms with van der Waals surface area (Å²) in [5.41, 5.74) is 11.0. The Bertz CT molecular complexity index is 2050. The van der Waals surface area contributed by atoms with Crippen LogP contribution in [0.25, 0.3) is 5.65 Å². The van der Waals surface area contributed by atoms with E-state index in [-0.39, 0.29) is 41.0 Å². The number of nitrogens with one attached hydrogen (secondary N) is 1. The van der Waals surface area contributed by atoms with Crippen molar-refractivity contribution in [3.05, 3.63) is 70.7 Å². The fraction of sp³-hybridized carbons (Fsp3) is 0.310. The fourth-order valence-corrected chi connectivity index (χ4v) is 7.30. The number of oxime groups is 1. The van der Waals surface area contributed by atoms with Gasteiger partial charge in [-0.2, -0.15) is 0 Å². The number of carbonyl (C=O) groups excluding carboxylic acids is 2. The SMILES string of the molecule is CC(C)(O/N=C(\C(=O)C[C@@H]1C(=O)N2C(C(=O)O)=C(Cn3ccc4n3cc[n+]4Cc3cc(C(=N)N)co3)CS[C@H]12)c1csc(N)n1)C(=O)O. The lowest BCUT2D eigenvalue weighted by Gasteiger charge is -2.49. The molecule has 0 unspecified atom stereocenters. The van der Waals surface area contributed by atoms with Gasteiger partial charge in [0.2, 0.25) is 11.5 Å². The van der Waals surface area contributed by atoms with Gasteiger partial charge < -0.3 is 30.9 Å². The van der Waals surface area contributed by atoms with Crippen molar-refractivity contribution in [2.24, 2.45) is 16.8 Å². The number of rotatable bonds is 13. The largest absolute Gasteiger partial charge is 0.478 e. The highest BCUT2D eigenvalue weighted by molar-refractivity contribution is 8.00. The second-order valence-electron chi connectivity index (χ2n) is 11.6. The van der Waals surface area contributed by atoms with Gasteiger partial charge >= 0.3 is 17.6 Å². The van der Waals surface area contributed by atoms with E-state index in [9.17, 15) is 29.4 Å². The molecule has 250 valence electrons. The number of fused-ring (bicyclic) bond motifs is 2. The minimum absolute atomic E-state index is 0.0753. The number of hydrogen-bond donors (Lipinski definition) is 5. The van der Waals surface area contributed by atoms with Crippen LogP contribution in [0.2, 0.25) is 0 Å². The van der Waals surface area contributed by atoms with E-state index in [4.69, 9.17) is 26.1 Å². The summed E-state index contributed by atoms with van der Waals surface area (Å²) in [4.78, 5) is 61.4. The van der Waals surface area contributed by atoms with Crippen molar-refractivity contribution in [1.82, 2.24) is 19.1 Å². The van der Waals surface area contributed by atoms with Crippen LogP contribution in [-0.2, 0) is 37.1 Å². The molecule has 19 heteroatoms. The lowest BCUT2D eigenvalue weighted by molar-refractivity contribution is -0.663. The number of furan rings is 1. The zero-order valence-corrected chi connectivity index (χ0v) is 27.2. The molecular formula is C29H30N9O8S2+. The highest BCUT2D eigenvalue weighted by Gasteiger charge is 2.54. The van der Waals surface area contributed by atoms with E-state index in [0.29, 0.717) is 29.2 Å². The molecule has 0 aromatic carbocycles. The number of nitrogens with zero attached hydrogens (tertiary/aromatic N) is 6. The number of nitrogen functional groups attached to an aromatic ring is 2. The fourth-order valence-electron chi connectivity index (χ4n) is 5.34. The summed E-state index contributed by atoms with van der Waals surface area (Å²) in [6, 6.07) is 3.55. The number of anilines is 1. The van der Waals surface area contributed by atoms with Gasteiger partial charge in [0.05, 0.1) is 35.7 Å². The van der Waals surface area contributed by atoms with Gasteiger partial charge in [0.1, 0.15) is 42.0 Å². The standard InChI is InChI=1S/C29H29N9O8S2/c1-29(2,27(43)44)46-34-21(18-13-48-28(32)33-18)19(39)8-17-24(40)38-22(26(41)42)15(12-47-25(17)38)9-36-4-3-20-35(5-6-37(20)36)10-16-7-14(11-45-16)23(30)31/h3-7,11,13,17,25H,8-10,12H2,1-2H3,(H6-,30,31,32,33,41,42,43,44)/p+1/b34-21-/t17-,25-/m1/s1. The molecule has 17 nitrogen and oxygen atoms in total. The zero-order valence-electron chi connectivity index (χ0n) is 25.5. The number of ketones is 1. The minimum Gasteiger partial charge on any atom is -0.478 e. The molecule has 2 aliphatic heterocycles. The van der Waals surface area contributed by atoms with Crippen molar-refractivity contribution < 1.29 is 43.2 Å². The van der Waals surface area contributed by atoms with Gasteiger partial charge in [-0.3, -0.25) is 19.9 Å². The molecule has 4 aromatic rings. The first-order chi connectivity index (χ1) is 22.7. The maximum atomic E-state index is 13.5. The summed E-state index contributed by atoms with van der Waals surface area (Å²) in [6.45, 7) is 3.09. The van der Waals surface area contributed by atoms with Gasteiger partial charge in [0.25, 0.3) is 0 Å². The number of thiazole rings is 1. The lowest BCUT2D eigenvalue weighted by atomic mass is 9.89. The Kier molecular flexibility index (Phi) is 8.33. The molecular weight excluding hydrogens is 667 g/mol. The summed E-state index contributed by atoms with van der Waals surface area (Å²) in [5.74, 6) is -3.77. The van der Waals surface area contributed by atoms with Crippen LogP contribution in [0.5, 0.6) is 0 Å². The van der Waals surface area contributed by atoms with Crippen LogP contribution in [-0.4, -0.2) is 81.2 Å². The van der Waals surface area contributed by atoms with Crippen LogP contribution >= 0.6 is 23.1 Å². The van der Waals surface area contributed by atoms with Crippen LogP contribution in [0.4, 0.5) is 5.13 Å². The number of aromatic nitrogens is 4. The minimum atomic E-state index is -1.75. The van der Waals surface area contributed by atoms with Crippen LogP contribution in [0.3, 0.4) is 0 Å². The second-order valence-corrected chi connectivity index (χ2v) is 13.6. The Labute approximate surface area is 279 Å². The monoisotopic (exact) mass is 696 g/mol. The summed E-state index contributed by atoms with van der Waals surface area (Å²) >= 11 is 2.40. The summed E-state index contributed by atoms with van der Waals surface area (Å²) < 4.78 is 11.1. The number of carboxylic acid groups (broad SMARTS) is 2. The number of amides is 1. The van der Waals surface area contributed by atoms with Crippen LogP contribution in [0.15, 0.2) is 63.2 Å². The molecule has 2 atom stereocenters. The highest BCUT2D eigenvalue weighted by atomic mass is 32.2. The number of thioether (sulfide) groups is 1. The third-order valence-corrected chi connectivity index (χ3v) is 9.98. The van der Waals surface area contributed by atoms with E-state index in [2.05, 4.69) is 10.1 Å². The van der Waals surface area contributed by atoms with Gasteiger partial charge in [-0.05, 0) is 25.5 Å². The van der Waals surface area contributed by atoms with Crippen molar-refractivity contribution in [1.29, 1.82) is 5.41 Å². The van der Waals surface area contributed by atoms with E-state index < -0.39 is 40.5 Å². The predicted molar refractivity (Wildman–Crippen MR) is 171 cm³/mol. The second kappa shape index (κ2) is 12.3.